The van der Waals surface area contributed by atoms with Gasteiger partial charge in [-0.25, -0.2) is 36.3 Å². The normalized spacial score (nSPS) is 12.2. The maximum Gasteiger partial charge on any atom is 0.336 e. The summed E-state index contributed by atoms with van der Waals surface area (Å²) in [5, 5.41) is 5.01. The summed E-state index contributed by atoms with van der Waals surface area (Å²) in [5.74, 6) is -4.80. The predicted octanol–water partition coefficient (Wildman–Crippen LogP) is 3.68. The summed E-state index contributed by atoms with van der Waals surface area (Å²) in [6.45, 7) is 8.29. The fraction of sp³-hybridized carbons (Fsp3) is 0.314. The van der Waals surface area contributed by atoms with Crippen LogP contribution in [0.2, 0.25) is 0 Å². The molecule has 0 aliphatic carbocycles. The molecule has 276 valence electrons. The molecule has 0 spiro atoms. The van der Waals surface area contributed by atoms with Crippen LogP contribution < -0.4 is 26.6 Å². The van der Waals surface area contributed by atoms with E-state index in [0.717, 1.165) is 4.57 Å². The molecule has 0 aliphatic heterocycles. The Hall–Kier alpha value is -5.71. The number of hydrogen-bond acceptors (Lipinski definition) is 9. The van der Waals surface area contributed by atoms with E-state index in [1.165, 1.54) is 60.4 Å². The van der Waals surface area contributed by atoms with Crippen molar-refractivity contribution in [1.29, 1.82) is 0 Å². The van der Waals surface area contributed by atoms with E-state index in [4.69, 9.17) is 4.74 Å². The van der Waals surface area contributed by atoms with Gasteiger partial charge in [-0.3, -0.25) is 19.1 Å². The number of hydrogen-bond donors (Lipinski definition) is 3. The molecule has 2 amide bonds. The number of nitrogens with zero attached hydrogens (tertiary/aromatic N) is 3. The van der Waals surface area contributed by atoms with Gasteiger partial charge in [-0.2, -0.15) is 0 Å². The topological polar surface area (TPSA) is 188 Å². The zero-order valence-corrected chi connectivity index (χ0v) is 30.0. The van der Waals surface area contributed by atoms with Gasteiger partial charge in [0.2, 0.25) is 5.91 Å². The summed E-state index contributed by atoms with van der Waals surface area (Å²) in [6.07, 6.45) is 2.21. The molecule has 17 heteroatoms. The number of nitrogens with one attached hydrogen (secondary N) is 3. The van der Waals surface area contributed by atoms with E-state index in [9.17, 15) is 32.4 Å². The number of esters is 1. The number of pyridine rings is 1. The molecule has 0 aliphatic rings. The monoisotopic (exact) mass is 740 g/mol. The summed E-state index contributed by atoms with van der Waals surface area (Å²) < 4.78 is 65.6. The fourth-order valence-electron chi connectivity index (χ4n) is 4.62. The van der Waals surface area contributed by atoms with Gasteiger partial charge in [0.25, 0.3) is 21.5 Å². The van der Waals surface area contributed by atoms with Crippen LogP contribution >= 0.6 is 0 Å². The third-order valence-electron chi connectivity index (χ3n) is 7.51. The van der Waals surface area contributed by atoms with Crippen LogP contribution in [0, 0.1) is 17.0 Å². The molecule has 0 unspecified atom stereocenters. The molecule has 2 aromatic heterocycles. The van der Waals surface area contributed by atoms with Crippen LogP contribution in [0.3, 0.4) is 0 Å². The minimum atomic E-state index is -4.43. The van der Waals surface area contributed by atoms with E-state index in [1.807, 2.05) is 4.72 Å². The zero-order valence-electron chi connectivity index (χ0n) is 29.2. The van der Waals surface area contributed by atoms with Gasteiger partial charge in [-0.05, 0) is 68.7 Å². The molecule has 0 fully saturated rings. The number of halogens is 2. The molecule has 52 heavy (non-hydrogen) atoms. The highest BCUT2D eigenvalue weighted by Crippen LogP contribution is 2.25. The van der Waals surface area contributed by atoms with E-state index < -0.39 is 73.6 Å². The number of amides is 2. The molecule has 2 heterocycles. The van der Waals surface area contributed by atoms with Gasteiger partial charge in [0.1, 0.15) is 23.5 Å². The molecule has 0 saturated carbocycles. The van der Waals surface area contributed by atoms with Crippen molar-refractivity contribution in [1.82, 2.24) is 19.4 Å². The first-order valence-corrected chi connectivity index (χ1v) is 17.4. The highest BCUT2D eigenvalue weighted by molar-refractivity contribution is 7.92. The molecule has 2 aromatic carbocycles. The summed E-state index contributed by atoms with van der Waals surface area (Å²) >= 11 is 0. The van der Waals surface area contributed by atoms with Gasteiger partial charge in [0, 0.05) is 42.7 Å². The molecule has 14 nitrogen and oxygen atoms in total. The van der Waals surface area contributed by atoms with E-state index in [1.54, 1.807) is 40.7 Å². The highest BCUT2D eigenvalue weighted by Gasteiger charge is 2.27. The van der Waals surface area contributed by atoms with Gasteiger partial charge >= 0.3 is 11.7 Å². The minimum Gasteiger partial charge on any atom is -0.461 e. The smallest absolute Gasteiger partial charge is 0.336 e. The van der Waals surface area contributed by atoms with Gasteiger partial charge in [-0.15, -0.1) is 0 Å². The molecule has 4 rings (SSSR count). The number of anilines is 2. The molecule has 0 bridgehead atoms. The number of sulfonamides is 1. The number of carbonyl (C=O) groups excluding carboxylic acids is 3. The van der Waals surface area contributed by atoms with Crippen LogP contribution in [0.4, 0.5) is 20.2 Å². The van der Waals surface area contributed by atoms with Gasteiger partial charge in [-0.1, -0.05) is 26.8 Å². The molecule has 1 atom stereocenters. The Morgan fingerprint density at radius 3 is 2.23 bits per heavy atom. The van der Waals surface area contributed by atoms with Crippen LogP contribution in [-0.2, 0) is 37.8 Å². The van der Waals surface area contributed by atoms with Crippen molar-refractivity contribution < 1.29 is 36.3 Å². The summed E-state index contributed by atoms with van der Waals surface area (Å²) in [5.41, 5.74) is -2.58. The SMILES string of the molecule is CC(C)OC(=O)[C@H](CCc1ccc(-n2c(=O)ccn(C)c2=O)nc1)NC(=O)c1cc(F)c(NS(=O)(=O)c2ccc(NC(=O)C(C)(C)C)cc2)cc1F. The Balaban J connectivity index is 1.48. The van der Waals surface area contributed by atoms with Crippen LogP contribution in [0.25, 0.3) is 5.82 Å². The second-order valence-corrected chi connectivity index (χ2v) is 14.8. The first-order chi connectivity index (χ1) is 24.3. The Kier molecular flexibility index (Phi) is 11.8. The van der Waals surface area contributed by atoms with Crippen molar-refractivity contribution in [3.05, 3.63) is 111 Å². The van der Waals surface area contributed by atoms with Crippen molar-refractivity contribution in [2.45, 2.75) is 64.5 Å². The molecule has 4 aromatic rings. The number of benzene rings is 2. The Bertz CT molecular complexity index is 2210. The van der Waals surface area contributed by atoms with E-state index in [-0.39, 0.29) is 29.5 Å². The van der Waals surface area contributed by atoms with E-state index in [2.05, 4.69) is 15.6 Å². The largest absolute Gasteiger partial charge is 0.461 e. The Morgan fingerprint density at radius 1 is 0.962 bits per heavy atom. The molecule has 3 N–H and O–H groups in total. The van der Waals surface area contributed by atoms with Crippen molar-refractivity contribution >= 4 is 39.2 Å². The molecule has 0 saturated heterocycles. The third-order valence-corrected chi connectivity index (χ3v) is 8.89. The first-order valence-electron chi connectivity index (χ1n) is 16.0. The van der Waals surface area contributed by atoms with Crippen LogP contribution in [0.15, 0.2) is 81.5 Å². The maximum atomic E-state index is 15.2. The van der Waals surface area contributed by atoms with Gasteiger partial charge in [0.05, 0.1) is 22.3 Å². The fourth-order valence-corrected chi connectivity index (χ4v) is 5.68. The first kappa shape index (κ1) is 39.1. The summed E-state index contributed by atoms with van der Waals surface area (Å²) in [7, 11) is -2.95. The lowest BCUT2D eigenvalue weighted by Crippen LogP contribution is -2.43. The number of carbonyl (C=O) groups is 3. The van der Waals surface area contributed by atoms with Gasteiger partial charge in [0.15, 0.2) is 0 Å². The average molecular weight is 741 g/mol. The van der Waals surface area contributed by atoms with Crippen LogP contribution in [0.1, 0.15) is 57.0 Å². The van der Waals surface area contributed by atoms with Gasteiger partial charge < -0.3 is 19.9 Å². The Labute approximate surface area is 297 Å². The molecular weight excluding hydrogens is 702 g/mol. The Morgan fingerprint density at radius 2 is 1.63 bits per heavy atom. The quantitative estimate of drug-likeness (QED) is 0.182. The number of ether oxygens (including phenoxy) is 1. The standard InChI is InChI=1S/C35H38F2N6O8S/c1-20(2)51-32(46)27(13-7-21-8-14-29(38-19-21)43-30(44)15-16-42(6)34(43)48)40-31(45)24-17-26(37)28(18-25(24)36)41-52(49,50)23-11-9-22(10-12-23)39-33(47)35(3,4)5/h8-12,14-20,27,41H,7,13H2,1-6H3,(H,39,47)(H,40,45)/t27-/m0/s1. The van der Waals surface area contributed by atoms with Crippen molar-refractivity contribution in [2.24, 2.45) is 12.5 Å². The maximum absolute atomic E-state index is 15.2. The second-order valence-electron chi connectivity index (χ2n) is 13.1. The van der Waals surface area contributed by atoms with Crippen molar-refractivity contribution in [3.63, 3.8) is 0 Å². The zero-order chi connectivity index (χ0) is 38.5. The number of aryl methyl sites for hydroxylation is 2. The van der Waals surface area contributed by atoms with Crippen LogP contribution in [-0.4, -0.2) is 52.5 Å². The lowest BCUT2D eigenvalue weighted by molar-refractivity contribution is -0.149. The predicted molar refractivity (Wildman–Crippen MR) is 188 cm³/mol. The average Bonchev–Trinajstić information content (AvgIpc) is 3.06. The van der Waals surface area contributed by atoms with Crippen LogP contribution in [0.5, 0.6) is 0 Å². The van der Waals surface area contributed by atoms with E-state index >= 15 is 8.78 Å². The van der Waals surface area contributed by atoms with Crippen molar-refractivity contribution in [3.8, 4) is 5.82 Å². The molecular formula is C35H38F2N6O8S. The van der Waals surface area contributed by atoms with E-state index in [0.29, 0.717) is 23.4 Å². The third kappa shape index (κ3) is 9.54. The highest BCUT2D eigenvalue weighted by atomic mass is 32.2. The molecule has 0 radical (unpaired) electrons. The lowest BCUT2D eigenvalue weighted by atomic mass is 9.95. The number of rotatable bonds is 12. The van der Waals surface area contributed by atoms with Crippen molar-refractivity contribution in [2.75, 3.05) is 10.0 Å². The summed E-state index contributed by atoms with van der Waals surface area (Å²) in [4.78, 5) is 66.8. The second kappa shape index (κ2) is 15.7. The number of aromatic nitrogens is 3. The lowest BCUT2D eigenvalue weighted by Gasteiger charge is -2.20. The summed E-state index contributed by atoms with van der Waals surface area (Å²) in [6, 6.07) is 8.91. The minimum absolute atomic E-state index is 0.0635.